The second kappa shape index (κ2) is 17.6. The van der Waals surface area contributed by atoms with E-state index in [0.29, 0.717) is 18.6 Å². The first-order valence-electron chi connectivity index (χ1n) is 10.6. The van der Waals surface area contributed by atoms with Crippen LogP contribution in [0.5, 0.6) is 5.75 Å². The van der Waals surface area contributed by atoms with E-state index in [-0.39, 0.29) is 11.7 Å². The van der Waals surface area contributed by atoms with Crippen LogP contribution in [0.2, 0.25) is 0 Å². The Bertz CT molecular complexity index is 585. The third-order valence-electron chi connectivity index (χ3n) is 4.26. The second-order valence-corrected chi connectivity index (χ2v) is 6.95. The Hall–Kier alpha value is -2.44. The van der Waals surface area contributed by atoms with Crippen molar-refractivity contribution >= 4 is 17.6 Å². The zero-order valence-electron chi connectivity index (χ0n) is 17.7. The van der Waals surface area contributed by atoms with Crippen molar-refractivity contribution in [1.29, 1.82) is 0 Å². The number of hydrogen-bond donors (Lipinski definition) is 1. The third-order valence-corrected chi connectivity index (χ3v) is 4.26. The number of nitro benzene ring substituents is 1. The van der Waals surface area contributed by atoms with Gasteiger partial charge >= 0.3 is 11.9 Å². The van der Waals surface area contributed by atoms with Crippen molar-refractivity contribution in [3.8, 4) is 5.75 Å². The summed E-state index contributed by atoms with van der Waals surface area (Å²) >= 11 is 0. The van der Waals surface area contributed by atoms with E-state index in [1.54, 1.807) is 0 Å². The Morgan fingerprint density at radius 3 is 1.79 bits per heavy atom. The normalized spacial score (nSPS) is 10.0. The van der Waals surface area contributed by atoms with E-state index in [0.717, 1.165) is 32.1 Å². The summed E-state index contributed by atoms with van der Waals surface area (Å²) in [6.45, 7) is 4.29. The monoisotopic (exact) mass is 409 g/mol. The van der Waals surface area contributed by atoms with Gasteiger partial charge in [-0.25, -0.2) is 0 Å². The predicted molar refractivity (Wildman–Crippen MR) is 113 cm³/mol. The van der Waals surface area contributed by atoms with Gasteiger partial charge in [-0.15, -0.1) is 0 Å². The maximum atomic E-state index is 11.5. The highest BCUT2D eigenvalue weighted by Gasteiger charge is 2.08. The zero-order chi connectivity index (χ0) is 21.9. The summed E-state index contributed by atoms with van der Waals surface area (Å²) in [5.74, 6) is -0.606. The summed E-state index contributed by atoms with van der Waals surface area (Å²) in [4.78, 5) is 31.5. The van der Waals surface area contributed by atoms with Gasteiger partial charge in [-0.2, -0.15) is 0 Å². The number of hydrogen-bond acceptors (Lipinski definition) is 5. The van der Waals surface area contributed by atoms with Gasteiger partial charge in [-0.1, -0.05) is 65.2 Å². The van der Waals surface area contributed by atoms with Crippen molar-refractivity contribution < 1.29 is 24.4 Å². The van der Waals surface area contributed by atoms with E-state index < -0.39 is 10.9 Å². The van der Waals surface area contributed by atoms with Crippen molar-refractivity contribution in [2.75, 3.05) is 0 Å². The van der Waals surface area contributed by atoms with Gasteiger partial charge in [0.25, 0.3) is 5.69 Å². The SMILES string of the molecule is CCCCCCCC(=O)O.CCCCCCCC(=O)Oc1ccc([N+](=O)[O-])cc1. The van der Waals surface area contributed by atoms with E-state index in [4.69, 9.17) is 9.84 Å². The molecule has 0 saturated heterocycles. The lowest BCUT2D eigenvalue weighted by molar-refractivity contribution is -0.384. The van der Waals surface area contributed by atoms with Gasteiger partial charge in [0.05, 0.1) is 4.92 Å². The van der Waals surface area contributed by atoms with Crippen molar-refractivity contribution in [1.82, 2.24) is 0 Å². The highest BCUT2D eigenvalue weighted by atomic mass is 16.6. The number of ether oxygens (including phenoxy) is 1. The Kier molecular flexibility index (Phi) is 16.2. The molecule has 7 nitrogen and oxygen atoms in total. The number of nitro groups is 1. The molecule has 0 aliphatic rings. The van der Waals surface area contributed by atoms with Gasteiger partial charge in [-0.05, 0) is 25.0 Å². The first-order valence-corrected chi connectivity index (χ1v) is 10.6. The quantitative estimate of drug-likeness (QED) is 0.127. The first-order chi connectivity index (χ1) is 13.9. The first kappa shape index (κ1) is 26.6. The number of esters is 1. The molecule has 1 aromatic rings. The van der Waals surface area contributed by atoms with E-state index in [1.165, 1.54) is 56.4 Å². The molecule has 0 saturated carbocycles. The molecule has 0 atom stereocenters. The number of carboxylic acid groups (broad SMARTS) is 1. The highest BCUT2D eigenvalue weighted by molar-refractivity contribution is 5.72. The lowest BCUT2D eigenvalue weighted by Gasteiger charge is -2.04. The molecule has 1 rings (SSSR count). The summed E-state index contributed by atoms with van der Waals surface area (Å²) in [5, 5.41) is 18.7. The standard InChI is InChI=1S/C14H19NO4.C8H16O2/c1-2-3-4-5-6-7-14(16)19-13-10-8-12(9-11-13)15(17)18;1-2-3-4-5-6-7-8(9)10/h8-11H,2-7H2,1H3;2-7H2,1H3,(H,9,10). The molecule has 0 bridgehead atoms. The smallest absolute Gasteiger partial charge is 0.311 e. The number of non-ortho nitro benzene ring substituents is 1. The van der Waals surface area contributed by atoms with E-state index >= 15 is 0 Å². The Morgan fingerprint density at radius 2 is 1.34 bits per heavy atom. The van der Waals surface area contributed by atoms with Gasteiger partial charge in [0.1, 0.15) is 5.75 Å². The fourth-order valence-corrected chi connectivity index (χ4v) is 2.57. The number of carbonyl (C=O) groups excluding carboxylic acids is 1. The molecular formula is C22H35NO6. The van der Waals surface area contributed by atoms with Crippen molar-refractivity contribution in [2.24, 2.45) is 0 Å². The molecule has 0 aliphatic heterocycles. The molecule has 29 heavy (non-hydrogen) atoms. The lowest BCUT2D eigenvalue weighted by Crippen LogP contribution is -2.07. The molecule has 0 heterocycles. The number of unbranched alkanes of at least 4 members (excludes halogenated alkanes) is 8. The second-order valence-electron chi connectivity index (χ2n) is 6.95. The van der Waals surface area contributed by atoms with Gasteiger partial charge in [0, 0.05) is 25.0 Å². The highest BCUT2D eigenvalue weighted by Crippen LogP contribution is 2.18. The molecule has 0 fully saturated rings. The van der Waals surface area contributed by atoms with E-state index in [1.807, 2.05) is 0 Å². The molecule has 1 aromatic carbocycles. The Morgan fingerprint density at radius 1 is 0.862 bits per heavy atom. The number of carbonyl (C=O) groups is 2. The van der Waals surface area contributed by atoms with Crippen molar-refractivity contribution in [3.05, 3.63) is 34.4 Å². The number of aliphatic carboxylic acids is 1. The maximum Gasteiger partial charge on any atom is 0.311 e. The summed E-state index contributed by atoms with van der Waals surface area (Å²) in [6.07, 6.45) is 11.6. The molecule has 7 heteroatoms. The average molecular weight is 410 g/mol. The minimum absolute atomic E-state index is 0.0145. The van der Waals surface area contributed by atoms with Crippen LogP contribution in [-0.4, -0.2) is 22.0 Å². The number of carboxylic acids is 1. The topological polar surface area (TPSA) is 107 Å². The summed E-state index contributed by atoms with van der Waals surface area (Å²) < 4.78 is 5.09. The van der Waals surface area contributed by atoms with Crippen molar-refractivity contribution in [3.63, 3.8) is 0 Å². The third kappa shape index (κ3) is 16.2. The molecule has 0 aliphatic carbocycles. The molecule has 0 amide bonds. The summed E-state index contributed by atoms with van der Waals surface area (Å²) in [5.41, 5.74) is -0.0145. The Balaban J connectivity index is 0.000000665. The van der Waals surface area contributed by atoms with Gasteiger partial charge in [0.15, 0.2) is 0 Å². The van der Waals surface area contributed by atoms with E-state index in [9.17, 15) is 19.7 Å². The molecule has 164 valence electrons. The molecule has 1 N–H and O–H groups in total. The molecule has 0 unspecified atom stereocenters. The van der Waals surface area contributed by atoms with Crippen LogP contribution in [0.1, 0.15) is 90.9 Å². The van der Waals surface area contributed by atoms with Crippen molar-refractivity contribution in [2.45, 2.75) is 90.9 Å². The zero-order valence-corrected chi connectivity index (χ0v) is 17.7. The minimum Gasteiger partial charge on any atom is -0.481 e. The maximum absolute atomic E-state index is 11.5. The van der Waals surface area contributed by atoms with Crippen LogP contribution < -0.4 is 4.74 Å². The fourth-order valence-electron chi connectivity index (χ4n) is 2.57. The van der Waals surface area contributed by atoms with Gasteiger partial charge in [0.2, 0.25) is 0 Å². The molecule has 0 spiro atoms. The minimum atomic E-state index is -0.670. The largest absolute Gasteiger partial charge is 0.481 e. The summed E-state index contributed by atoms with van der Waals surface area (Å²) in [6, 6.07) is 5.52. The molecule has 0 radical (unpaired) electrons. The van der Waals surface area contributed by atoms with Gasteiger partial charge in [-0.3, -0.25) is 19.7 Å². The number of benzene rings is 1. The van der Waals surface area contributed by atoms with Crippen LogP contribution >= 0.6 is 0 Å². The van der Waals surface area contributed by atoms with Crippen LogP contribution in [0.3, 0.4) is 0 Å². The molecule has 0 aromatic heterocycles. The van der Waals surface area contributed by atoms with E-state index in [2.05, 4.69) is 13.8 Å². The molecular weight excluding hydrogens is 374 g/mol. The van der Waals surface area contributed by atoms with Crippen LogP contribution in [-0.2, 0) is 9.59 Å². The van der Waals surface area contributed by atoms with Crippen LogP contribution in [0.15, 0.2) is 24.3 Å². The fraction of sp³-hybridized carbons (Fsp3) is 0.636. The summed E-state index contributed by atoms with van der Waals surface area (Å²) in [7, 11) is 0. The number of nitrogens with zero attached hydrogens (tertiary/aromatic N) is 1. The van der Waals surface area contributed by atoms with Gasteiger partial charge < -0.3 is 9.84 Å². The lowest BCUT2D eigenvalue weighted by atomic mass is 10.1. The van der Waals surface area contributed by atoms with Crippen LogP contribution in [0.25, 0.3) is 0 Å². The average Bonchev–Trinajstić information content (AvgIpc) is 2.68. The van der Waals surface area contributed by atoms with Crippen LogP contribution in [0, 0.1) is 10.1 Å². The Labute approximate surface area is 173 Å². The van der Waals surface area contributed by atoms with Crippen LogP contribution in [0.4, 0.5) is 5.69 Å². The number of rotatable bonds is 14. The predicted octanol–water partition coefficient (Wildman–Crippen LogP) is 6.29.